The van der Waals surface area contributed by atoms with Gasteiger partial charge in [0.15, 0.2) is 0 Å². The molecular formula is C20H28N4O9S3. The monoisotopic (exact) mass is 564 g/mol. The highest BCUT2D eigenvalue weighted by Crippen LogP contribution is 2.42. The number of nitrogens with two attached hydrogens (primary N) is 1. The summed E-state index contributed by atoms with van der Waals surface area (Å²) in [4.78, 5) is 19.6. The molecule has 0 bridgehead atoms. The first-order chi connectivity index (χ1) is 16.9. The Kier molecular flexibility index (Phi) is 9.20. The van der Waals surface area contributed by atoms with Gasteiger partial charge in [0.25, 0.3) is 15.9 Å². The Morgan fingerprint density at radius 2 is 2.03 bits per heavy atom. The number of nitrogens with zero attached hydrogens (tertiary/aromatic N) is 3. The quantitative estimate of drug-likeness (QED) is 0.265. The van der Waals surface area contributed by atoms with Crippen molar-refractivity contribution in [3.8, 4) is 0 Å². The maximum Gasteiger partial charge on any atom is 0.254 e. The number of likely N-dealkylation sites (N-methyl/N-ethyl adjacent to an activating group) is 1. The summed E-state index contributed by atoms with van der Waals surface area (Å²) in [5, 5.41) is 22.4. The minimum Gasteiger partial charge on any atom is -0.385 e. The van der Waals surface area contributed by atoms with Crippen LogP contribution in [0.25, 0.3) is 0 Å². The average Bonchev–Trinajstić information content (AvgIpc) is 3.28. The van der Waals surface area contributed by atoms with Gasteiger partial charge in [-0.1, -0.05) is 12.1 Å². The summed E-state index contributed by atoms with van der Waals surface area (Å²) in [6.45, 7) is 2.06. The Hall–Kier alpha value is -1.99. The molecule has 2 heterocycles. The van der Waals surface area contributed by atoms with Gasteiger partial charge in [-0.15, -0.1) is 11.3 Å². The smallest absolute Gasteiger partial charge is 0.254 e. The number of hydrogen-bond donors (Lipinski definition) is 3. The van der Waals surface area contributed by atoms with E-state index in [4.69, 9.17) is 20.3 Å². The molecule has 0 fully saturated rings. The molecule has 2 aromatic rings. The molecule has 0 saturated heterocycles. The van der Waals surface area contributed by atoms with Crippen molar-refractivity contribution >= 4 is 37.3 Å². The average molecular weight is 565 g/mol. The van der Waals surface area contributed by atoms with Crippen molar-refractivity contribution in [3.63, 3.8) is 0 Å². The van der Waals surface area contributed by atoms with Crippen molar-refractivity contribution in [2.75, 3.05) is 33.4 Å². The molecule has 36 heavy (non-hydrogen) atoms. The summed E-state index contributed by atoms with van der Waals surface area (Å²) in [6, 6.07) is 6.73. The number of benzene rings is 1. The third-order valence-electron chi connectivity index (χ3n) is 5.55. The lowest BCUT2D eigenvalue weighted by Gasteiger charge is -2.38. The summed E-state index contributed by atoms with van der Waals surface area (Å²) in [5.41, 5.74) is 0.922. The van der Waals surface area contributed by atoms with Gasteiger partial charge in [0.2, 0.25) is 10.0 Å². The minimum absolute atomic E-state index is 0.0772. The van der Waals surface area contributed by atoms with Crippen molar-refractivity contribution in [1.82, 2.24) is 14.6 Å². The zero-order valence-electron chi connectivity index (χ0n) is 19.6. The van der Waals surface area contributed by atoms with E-state index in [0.29, 0.717) is 29.9 Å². The Morgan fingerprint density at radius 3 is 2.64 bits per heavy atom. The summed E-state index contributed by atoms with van der Waals surface area (Å²) in [7, 11) is -6.70. The first-order valence-electron chi connectivity index (χ1n) is 10.8. The van der Waals surface area contributed by atoms with Crippen LogP contribution in [-0.2, 0) is 36.2 Å². The maximum atomic E-state index is 13.6. The molecule has 200 valence electrons. The Bertz CT molecular complexity index is 1300. The van der Waals surface area contributed by atoms with Crippen LogP contribution < -0.4 is 5.14 Å². The van der Waals surface area contributed by atoms with Crippen molar-refractivity contribution in [1.29, 1.82) is 0 Å². The Morgan fingerprint density at radius 1 is 1.31 bits per heavy atom. The van der Waals surface area contributed by atoms with E-state index in [9.17, 15) is 21.6 Å². The fourth-order valence-electron chi connectivity index (χ4n) is 3.91. The van der Waals surface area contributed by atoms with Crippen LogP contribution in [-0.4, -0.2) is 81.1 Å². The fourth-order valence-corrected chi connectivity index (χ4v) is 8.19. The highest BCUT2D eigenvalue weighted by Gasteiger charge is 2.43. The lowest BCUT2D eigenvalue weighted by Crippen LogP contribution is -2.47. The van der Waals surface area contributed by atoms with Gasteiger partial charge in [-0.05, 0) is 37.1 Å². The van der Waals surface area contributed by atoms with Gasteiger partial charge in [-0.25, -0.2) is 26.8 Å². The molecule has 0 spiro atoms. The van der Waals surface area contributed by atoms with Gasteiger partial charge in [-0.2, -0.15) is 4.31 Å². The lowest BCUT2D eigenvalue weighted by molar-refractivity contribution is -0.497. The standard InChI is InChI=1S/C20H28N4O9S3/c1-3-23(19(25)15-7-4-6-14(10-15)13-33-24(26)27)17-12-22(8-5-9-32-2)36(30,31)20-16(17)11-18(34-20)35(21,28)29/h4,6-7,10-11,17,26-27H,3,5,8-9,12-13H2,1-2H3,(H2,21,28,29)/t17-/m0/s1. The second kappa shape index (κ2) is 11.6. The van der Waals surface area contributed by atoms with E-state index >= 15 is 0 Å². The zero-order chi connectivity index (χ0) is 26.7. The second-order valence-corrected chi connectivity index (χ2v) is 12.9. The molecule has 4 N–H and O–H groups in total. The maximum absolute atomic E-state index is 13.6. The van der Waals surface area contributed by atoms with E-state index in [1.54, 1.807) is 25.1 Å². The van der Waals surface area contributed by atoms with E-state index in [1.807, 2.05) is 0 Å². The predicted molar refractivity (Wildman–Crippen MR) is 127 cm³/mol. The number of hydrogen-bond acceptors (Lipinski definition) is 11. The molecule has 1 atom stereocenters. The van der Waals surface area contributed by atoms with Gasteiger partial charge >= 0.3 is 0 Å². The van der Waals surface area contributed by atoms with Crippen LogP contribution in [0.3, 0.4) is 0 Å². The van der Waals surface area contributed by atoms with Crippen molar-refractivity contribution in [2.24, 2.45) is 5.14 Å². The molecule has 3 rings (SSSR count). The number of primary sulfonamides is 1. The molecule has 13 nitrogen and oxygen atoms in total. The lowest BCUT2D eigenvalue weighted by atomic mass is 10.1. The summed E-state index contributed by atoms with van der Waals surface area (Å²) < 4.78 is 56.5. The third kappa shape index (κ3) is 6.28. The Labute approximate surface area is 213 Å². The molecule has 0 saturated carbocycles. The van der Waals surface area contributed by atoms with Crippen molar-refractivity contribution in [3.05, 3.63) is 47.0 Å². The van der Waals surface area contributed by atoms with Crippen LogP contribution >= 0.6 is 11.3 Å². The van der Waals surface area contributed by atoms with Gasteiger partial charge in [0.1, 0.15) is 8.42 Å². The van der Waals surface area contributed by atoms with Crippen molar-refractivity contribution in [2.45, 2.75) is 34.4 Å². The molecular weight excluding hydrogens is 536 g/mol. The highest BCUT2D eigenvalue weighted by atomic mass is 32.3. The molecule has 0 radical (unpaired) electrons. The van der Waals surface area contributed by atoms with Crippen LogP contribution in [0.4, 0.5) is 0 Å². The fraction of sp³-hybridized carbons (Fsp3) is 0.450. The molecule has 1 amide bonds. The molecule has 0 unspecified atom stereocenters. The normalized spacial score (nSPS) is 17.8. The summed E-state index contributed by atoms with van der Waals surface area (Å²) in [6.07, 6.45) is 0.403. The van der Waals surface area contributed by atoms with E-state index in [2.05, 4.69) is 4.84 Å². The van der Waals surface area contributed by atoms with Crippen LogP contribution in [0.15, 0.2) is 38.8 Å². The molecule has 1 aliphatic heterocycles. The summed E-state index contributed by atoms with van der Waals surface area (Å²) >= 11 is 0.563. The number of ether oxygens (including phenoxy) is 1. The first-order valence-corrected chi connectivity index (χ1v) is 14.6. The highest BCUT2D eigenvalue weighted by molar-refractivity contribution is 7.94. The third-order valence-corrected chi connectivity index (χ3v) is 10.5. The molecule has 0 aliphatic carbocycles. The van der Waals surface area contributed by atoms with Gasteiger partial charge in [0, 0.05) is 44.5 Å². The number of methoxy groups -OCH3 is 1. The summed E-state index contributed by atoms with van der Waals surface area (Å²) in [5.74, 6) is -0.431. The minimum atomic E-state index is -4.18. The number of amides is 1. The van der Waals surface area contributed by atoms with E-state index in [0.717, 1.165) is 0 Å². The topological polar surface area (TPSA) is 180 Å². The van der Waals surface area contributed by atoms with E-state index in [-0.39, 0.29) is 45.8 Å². The van der Waals surface area contributed by atoms with Crippen LogP contribution in [0.2, 0.25) is 0 Å². The number of sulfonamides is 2. The van der Waals surface area contributed by atoms with Gasteiger partial charge < -0.3 is 9.64 Å². The van der Waals surface area contributed by atoms with Crippen LogP contribution in [0.1, 0.15) is 40.9 Å². The van der Waals surface area contributed by atoms with Crippen LogP contribution in [0.5, 0.6) is 0 Å². The zero-order valence-corrected chi connectivity index (χ0v) is 22.1. The number of thiophene rings is 1. The molecule has 1 aliphatic rings. The molecule has 16 heteroatoms. The second-order valence-electron chi connectivity index (χ2n) is 7.90. The first kappa shape index (κ1) is 28.6. The number of rotatable bonds is 11. The van der Waals surface area contributed by atoms with Crippen molar-refractivity contribution < 1.29 is 41.6 Å². The number of fused-ring (bicyclic) bond motifs is 1. The largest absolute Gasteiger partial charge is 0.385 e. The van der Waals surface area contributed by atoms with Gasteiger partial charge in [0.05, 0.1) is 18.0 Å². The number of carbonyl (C=O) groups excluding carboxylic acids is 1. The van der Waals surface area contributed by atoms with Crippen LogP contribution in [0, 0.1) is 0 Å². The molecule has 1 aromatic heterocycles. The SMILES string of the molecule is CCN(C(=O)c1cccc(CON(O)O)c1)[C@H]1CN(CCCOC)S(=O)(=O)c2sc(S(N)(=O)=O)cc21. The predicted octanol–water partition coefficient (Wildman–Crippen LogP) is 1.15. The molecule has 1 aromatic carbocycles. The van der Waals surface area contributed by atoms with Gasteiger partial charge in [-0.3, -0.25) is 15.2 Å². The van der Waals surface area contributed by atoms with E-state index < -0.39 is 37.4 Å². The number of carbonyl (C=O) groups is 1. The Balaban J connectivity index is 2.03. The van der Waals surface area contributed by atoms with E-state index in [1.165, 1.54) is 28.4 Å².